The van der Waals surface area contributed by atoms with Gasteiger partial charge in [-0.1, -0.05) is 6.07 Å². The number of non-ortho nitro benzene ring substituents is 1. The van der Waals surface area contributed by atoms with Crippen LogP contribution >= 0.6 is 11.8 Å². The average molecular weight is 213 g/mol. The lowest BCUT2D eigenvalue weighted by Gasteiger charge is -2.21. The third-order valence-corrected chi connectivity index (χ3v) is 2.65. The Morgan fingerprint density at radius 3 is 2.93 bits per heavy atom. The van der Waals surface area contributed by atoms with Gasteiger partial charge in [0.05, 0.1) is 4.92 Å². The molecule has 0 aliphatic carbocycles. The second-order valence-corrected chi connectivity index (χ2v) is 3.78. The summed E-state index contributed by atoms with van der Waals surface area (Å²) < 4.78 is 1.64. The third-order valence-electron chi connectivity index (χ3n) is 2.37. The SMILES string of the molecule is O=[N+]([O-])c1ccc2c(c1)CN(Cl)CC2. The van der Waals surface area contributed by atoms with Gasteiger partial charge in [-0.3, -0.25) is 10.1 Å². The summed E-state index contributed by atoms with van der Waals surface area (Å²) in [6, 6.07) is 4.96. The van der Waals surface area contributed by atoms with E-state index in [-0.39, 0.29) is 10.6 Å². The number of benzene rings is 1. The van der Waals surface area contributed by atoms with Crippen LogP contribution < -0.4 is 0 Å². The molecule has 0 saturated carbocycles. The minimum Gasteiger partial charge on any atom is -0.258 e. The van der Waals surface area contributed by atoms with Crippen molar-refractivity contribution >= 4 is 17.5 Å². The fourth-order valence-corrected chi connectivity index (χ4v) is 1.84. The second-order valence-electron chi connectivity index (χ2n) is 3.30. The third kappa shape index (κ3) is 1.71. The lowest BCUT2D eigenvalue weighted by Crippen LogP contribution is -2.22. The first kappa shape index (κ1) is 9.43. The molecule has 0 unspecified atom stereocenters. The van der Waals surface area contributed by atoms with Crippen molar-refractivity contribution < 1.29 is 4.92 Å². The Morgan fingerprint density at radius 1 is 1.43 bits per heavy atom. The Hall–Kier alpha value is -1.13. The molecule has 0 radical (unpaired) electrons. The van der Waals surface area contributed by atoms with Crippen LogP contribution in [-0.2, 0) is 13.0 Å². The van der Waals surface area contributed by atoms with Gasteiger partial charge >= 0.3 is 0 Å². The second kappa shape index (κ2) is 3.55. The van der Waals surface area contributed by atoms with Crippen molar-refractivity contribution in [2.75, 3.05) is 6.54 Å². The highest BCUT2D eigenvalue weighted by molar-refractivity contribution is 6.13. The van der Waals surface area contributed by atoms with Crippen LogP contribution in [0.5, 0.6) is 0 Å². The highest BCUT2D eigenvalue weighted by Crippen LogP contribution is 2.24. The Kier molecular flexibility index (Phi) is 2.39. The van der Waals surface area contributed by atoms with Crippen molar-refractivity contribution in [3.63, 3.8) is 0 Å². The topological polar surface area (TPSA) is 46.4 Å². The van der Waals surface area contributed by atoms with E-state index < -0.39 is 0 Å². The van der Waals surface area contributed by atoms with Gasteiger partial charge in [-0.25, -0.2) is 4.42 Å². The van der Waals surface area contributed by atoms with E-state index >= 15 is 0 Å². The summed E-state index contributed by atoms with van der Waals surface area (Å²) in [5, 5.41) is 10.5. The van der Waals surface area contributed by atoms with Crippen molar-refractivity contribution in [1.29, 1.82) is 0 Å². The summed E-state index contributed by atoms with van der Waals surface area (Å²) in [6.07, 6.45) is 0.858. The van der Waals surface area contributed by atoms with Crippen molar-refractivity contribution in [1.82, 2.24) is 4.42 Å². The standard InChI is InChI=1S/C9H9ClN2O2/c10-11-4-3-7-1-2-9(12(13)14)5-8(7)6-11/h1-2,5H,3-4,6H2. The van der Waals surface area contributed by atoms with E-state index in [1.165, 1.54) is 0 Å². The number of nitro benzene ring substituents is 1. The highest BCUT2D eigenvalue weighted by atomic mass is 35.5. The summed E-state index contributed by atoms with van der Waals surface area (Å²) in [4.78, 5) is 10.1. The van der Waals surface area contributed by atoms with E-state index in [1.807, 2.05) is 6.07 Å². The number of hydrogen-bond donors (Lipinski definition) is 0. The molecule has 2 rings (SSSR count). The van der Waals surface area contributed by atoms with E-state index in [0.29, 0.717) is 6.54 Å². The van der Waals surface area contributed by atoms with Gasteiger partial charge in [-0.05, 0) is 29.3 Å². The summed E-state index contributed by atoms with van der Waals surface area (Å²) in [7, 11) is 0. The van der Waals surface area contributed by atoms with Crippen LogP contribution in [0.1, 0.15) is 11.1 Å². The molecule has 5 heteroatoms. The van der Waals surface area contributed by atoms with Gasteiger partial charge in [-0.2, -0.15) is 0 Å². The summed E-state index contributed by atoms with van der Waals surface area (Å²) >= 11 is 5.84. The van der Waals surface area contributed by atoms with Crippen molar-refractivity contribution in [2.24, 2.45) is 0 Å². The first-order chi connectivity index (χ1) is 6.66. The molecule has 74 valence electrons. The van der Waals surface area contributed by atoms with Gasteiger partial charge in [0.1, 0.15) is 0 Å². The van der Waals surface area contributed by atoms with Crippen molar-refractivity contribution in [2.45, 2.75) is 13.0 Å². The Balaban J connectivity index is 2.37. The fourth-order valence-electron chi connectivity index (χ4n) is 1.62. The Labute approximate surface area is 86.3 Å². The smallest absolute Gasteiger partial charge is 0.258 e. The lowest BCUT2D eigenvalue weighted by molar-refractivity contribution is -0.384. The largest absolute Gasteiger partial charge is 0.269 e. The van der Waals surface area contributed by atoms with Gasteiger partial charge in [0.15, 0.2) is 0 Å². The predicted octanol–water partition coefficient (Wildman–Crippen LogP) is 2.11. The number of halogens is 1. The molecule has 0 N–H and O–H groups in total. The molecule has 0 aromatic heterocycles. The van der Waals surface area contributed by atoms with Gasteiger partial charge in [-0.15, -0.1) is 0 Å². The zero-order valence-corrected chi connectivity index (χ0v) is 8.20. The molecule has 1 aliphatic rings. The molecule has 0 bridgehead atoms. The minimum absolute atomic E-state index is 0.135. The molecule has 4 nitrogen and oxygen atoms in total. The normalized spacial score (nSPS) is 16.4. The lowest BCUT2D eigenvalue weighted by atomic mass is 10.0. The summed E-state index contributed by atoms with van der Waals surface area (Å²) in [6.45, 7) is 1.38. The number of rotatable bonds is 1. The van der Waals surface area contributed by atoms with Gasteiger partial charge in [0, 0.05) is 25.2 Å². The summed E-state index contributed by atoms with van der Waals surface area (Å²) in [5.41, 5.74) is 2.25. The maximum atomic E-state index is 10.5. The molecule has 1 heterocycles. The predicted molar refractivity (Wildman–Crippen MR) is 53.1 cm³/mol. The first-order valence-electron chi connectivity index (χ1n) is 4.34. The molecular weight excluding hydrogens is 204 g/mol. The Bertz CT molecular complexity index is 381. The van der Waals surface area contributed by atoms with E-state index in [4.69, 9.17) is 11.8 Å². The summed E-state index contributed by atoms with van der Waals surface area (Å²) in [5.74, 6) is 0. The molecule has 0 spiro atoms. The van der Waals surface area contributed by atoms with Gasteiger partial charge in [0.25, 0.3) is 5.69 Å². The monoisotopic (exact) mass is 212 g/mol. The number of nitro groups is 1. The van der Waals surface area contributed by atoms with Gasteiger partial charge < -0.3 is 0 Å². The molecule has 1 aliphatic heterocycles. The van der Waals surface area contributed by atoms with E-state index in [0.717, 1.165) is 24.1 Å². The van der Waals surface area contributed by atoms with Crippen LogP contribution in [0.15, 0.2) is 18.2 Å². The van der Waals surface area contributed by atoms with E-state index in [1.54, 1.807) is 16.6 Å². The van der Waals surface area contributed by atoms with Crippen LogP contribution in [0.3, 0.4) is 0 Å². The van der Waals surface area contributed by atoms with Crippen LogP contribution in [-0.4, -0.2) is 15.9 Å². The molecule has 14 heavy (non-hydrogen) atoms. The quantitative estimate of drug-likeness (QED) is 0.407. The van der Waals surface area contributed by atoms with E-state index in [9.17, 15) is 10.1 Å². The fraction of sp³-hybridized carbons (Fsp3) is 0.333. The number of nitrogens with zero attached hydrogens (tertiary/aromatic N) is 2. The highest BCUT2D eigenvalue weighted by Gasteiger charge is 2.17. The zero-order valence-electron chi connectivity index (χ0n) is 7.44. The number of hydrogen-bond acceptors (Lipinski definition) is 3. The van der Waals surface area contributed by atoms with Crippen molar-refractivity contribution in [3.8, 4) is 0 Å². The maximum absolute atomic E-state index is 10.5. The maximum Gasteiger partial charge on any atom is 0.269 e. The van der Waals surface area contributed by atoms with Crippen LogP contribution in [0, 0.1) is 10.1 Å². The number of fused-ring (bicyclic) bond motifs is 1. The first-order valence-corrected chi connectivity index (χ1v) is 4.67. The van der Waals surface area contributed by atoms with Crippen LogP contribution in [0.4, 0.5) is 5.69 Å². The van der Waals surface area contributed by atoms with Crippen LogP contribution in [0.25, 0.3) is 0 Å². The minimum atomic E-state index is -0.381. The van der Waals surface area contributed by atoms with E-state index in [2.05, 4.69) is 0 Å². The molecule has 1 aromatic rings. The molecule has 0 amide bonds. The van der Waals surface area contributed by atoms with Crippen LogP contribution in [0.2, 0.25) is 0 Å². The molecule has 0 fully saturated rings. The zero-order chi connectivity index (χ0) is 10.1. The van der Waals surface area contributed by atoms with Crippen molar-refractivity contribution in [3.05, 3.63) is 39.4 Å². The average Bonchev–Trinajstić information content (AvgIpc) is 2.16. The molecular formula is C9H9ClN2O2. The Morgan fingerprint density at radius 2 is 2.21 bits per heavy atom. The van der Waals surface area contributed by atoms with Gasteiger partial charge in [0.2, 0.25) is 0 Å². The molecule has 0 atom stereocenters. The molecule has 0 saturated heterocycles. The molecule has 1 aromatic carbocycles.